The average molecular weight is 263 g/mol. The number of benzene rings is 1. The summed E-state index contributed by atoms with van der Waals surface area (Å²) in [6.45, 7) is 4.08. The van der Waals surface area contributed by atoms with E-state index in [1.807, 2.05) is 6.92 Å². The van der Waals surface area contributed by atoms with Crippen molar-refractivity contribution in [1.82, 2.24) is 0 Å². The number of carbonyl (C=O) groups is 1. The highest BCUT2D eigenvalue weighted by Gasteiger charge is 2.05. The highest BCUT2D eigenvalue weighted by molar-refractivity contribution is 5.91. The minimum atomic E-state index is 0.0595. The average Bonchev–Trinajstić information content (AvgIpc) is 2.37. The van der Waals surface area contributed by atoms with Crippen molar-refractivity contribution in [2.45, 2.75) is 58.8 Å². The van der Waals surface area contributed by atoms with Gasteiger partial charge < -0.3 is 10.4 Å². The summed E-state index contributed by atoms with van der Waals surface area (Å²) in [7, 11) is 0. The van der Waals surface area contributed by atoms with E-state index >= 15 is 0 Å². The Labute approximate surface area is 116 Å². The molecule has 0 fully saturated rings. The number of carbonyl (C=O) groups excluding carboxylic acids is 1. The van der Waals surface area contributed by atoms with Gasteiger partial charge in [-0.3, -0.25) is 4.79 Å². The topological polar surface area (TPSA) is 49.3 Å². The Bertz CT molecular complexity index is 402. The van der Waals surface area contributed by atoms with Crippen LogP contribution in [-0.2, 0) is 4.79 Å². The number of hydrogen-bond acceptors (Lipinski definition) is 2. The summed E-state index contributed by atoms with van der Waals surface area (Å²) in [5, 5.41) is 12.2. The normalized spacial score (nSPS) is 10.4. The number of unbranched alkanes of at least 4 members (excludes halogenated alkanes) is 5. The van der Waals surface area contributed by atoms with Gasteiger partial charge in [0, 0.05) is 12.1 Å². The monoisotopic (exact) mass is 263 g/mol. The van der Waals surface area contributed by atoms with Crippen molar-refractivity contribution in [2.75, 3.05) is 5.32 Å². The summed E-state index contributed by atoms with van der Waals surface area (Å²) in [4.78, 5) is 11.8. The van der Waals surface area contributed by atoms with Crippen LogP contribution < -0.4 is 5.32 Å². The zero-order valence-corrected chi connectivity index (χ0v) is 12.0. The van der Waals surface area contributed by atoms with E-state index in [2.05, 4.69) is 12.2 Å². The molecule has 1 aromatic rings. The predicted molar refractivity (Wildman–Crippen MR) is 79.5 cm³/mol. The fourth-order valence-corrected chi connectivity index (χ4v) is 2.07. The molecule has 0 saturated carbocycles. The van der Waals surface area contributed by atoms with Crippen molar-refractivity contribution in [3.63, 3.8) is 0 Å². The Kier molecular flexibility index (Phi) is 7.01. The molecule has 0 aliphatic carbocycles. The first-order valence-electron chi connectivity index (χ1n) is 7.23. The Morgan fingerprint density at radius 3 is 2.53 bits per heavy atom. The van der Waals surface area contributed by atoms with Gasteiger partial charge in [0.2, 0.25) is 5.91 Å². The lowest BCUT2D eigenvalue weighted by Crippen LogP contribution is -2.11. The van der Waals surface area contributed by atoms with Gasteiger partial charge in [0.15, 0.2) is 0 Å². The lowest BCUT2D eigenvalue weighted by atomic mass is 10.1. The summed E-state index contributed by atoms with van der Waals surface area (Å²) in [5.74, 6) is 0.288. The quantitative estimate of drug-likeness (QED) is 0.540. The van der Waals surface area contributed by atoms with Crippen LogP contribution in [0.25, 0.3) is 0 Å². The largest absolute Gasteiger partial charge is 0.508 e. The molecule has 3 nitrogen and oxygen atoms in total. The summed E-state index contributed by atoms with van der Waals surface area (Å²) in [5.41, 5.74) is 1.67. The second-order valence-electron chi connectivity index (χ2n) is 5.07. The lowest BCUT2D eigenvalue weighted by Gasteiger charge is -2.08. The molecule has 0 heterocycles. The van der Waals surface area contributed by atoms with Gasteiger partial charge in [-0.05, 0) is 37.1 Å². The Balaban J connectivity index is 2.23. The predicted octanol–water partition coefficient (Wildman–Crippen LogP) is 4.39. The first-order valence-corrected chi connectivity index (χ1v) is 7.23. The van der Waals surface area contributed by atoms with Crippen LogP contribution in [-0.4, -0.2) is 11.0 Å². The van der Waals surface area contributed by atoms with Crippen LogP contribution >= 0.6 is 0 Å². The van der Waals surface area contributed by atoms with E-state index in [1.54, 1.807) is 18.2 Å². The minimum Gasteiger partial charge on any atom is -0.508 e. The molecule has 0 atom stereocenters. The second kappa shape index (κ2) is 8.57. The molecular formula is C16H25NO2. The molecule has 0 aliphatic heterocycles. The number of phenols is 1. The molecule has 19 heavy (non-hydrogen) atoms. The van der Waals surface area contributed by atoms with Crippen LogP contribution in [0.15, 0.2) is 18.2 Å². The SMILES string of the molecule is CCCCCCCCC(=O)Nc1ccc(O)cc1C. The fourth-order valence-electron chi connectivity index (χ4n) is 2.07. The minimum absolute atomic E-state index is 0.0595. The molecule has 106 valence electrons. The summed E-state index contributed by atoms with van der Waals surface area (Å²) in [6, 6.07) is 4.98. The molecule has 1 aromatic carbocycles. The Morgan fingerprint density at radius 1 is 1.16 bits per heavy atom. The van der Waals surface area contributed by atoms with Crippen molar-refractivity contribution < 1.29 is 9.90 Å². The first kappa shape index (κ1) is 15.5. The highest BCUT2D eigenvalue weighted by Crippen LogP contribution is 2.20. The molecule has 0 saturated heterocycles. The van der Waals surface area contributed by atoms with Crippen LogP contribution in [0, 0.1) is 6.92 Å². The zero-order valence-electron chi connectivity index (χ0n) is 12.0. The van der Waals surface area contributed by atoms with Crippen molar-refractivity contribution in [3.05, 3.63) is 23.8 Å². The number of nitrogens with one attached hydrogen (secondary N) is 1. The van der Waals surface area contributed by atoms with Crippen LogP contribution in [0.5, 0.6) is 5.75 Å². The molecule has 1 rings (SSSR count). The van der Waals surface area contributed by atoms with E-state index in [-0.39, 0.29) is 11.7 Å². The summed E-state index contributed by atoms with van der Waals surface area (Å²) in [6.07, 6.45) is 7.69. The number of rotatable bonds is 8. The first-order chi connectivity index (χ1) is 9.13. The van der Waals surface area contributed by atoms with Gasteiger partial charge >= 0.3 is 0 Å². The molecule has 0 aliphatic rings. The highest BCUT2D eigenvalue weighted by atomic mass is 16.3. The fraction of sp³-hybridized carbons (Fsp3) is 0.562. The molecule has 3 heteroatoms. The van der Waals surface area contributed by atoms with Crippen LogP contribution in [0.3, 0.4) is 0 Å². The maximum Gasteiger partial charge on any atom is 0.224 e. The number of amides is 1. The van der Waals surface area contributed by atoms with Gasteiger partial charge in [-0.2, -0.15) is 0 Å². The standard InChI is InChI=1S/C16H25NO2/c1-3-4-5-6-7-8-9-16(19)17-15-11-10-14(18)12-13(15)2/h10-12,18H,3-9H2,1-2H3,(H,17,19). The van der Waals surface area contributed by atoms with Crippen molar-refractivity contribution in [1.29, 1.82) is 0 Å². The molecular weight excluding hydrogens is 238 g/mol. The van der Waals surface area contributed by atoms with Crippen molar-refractivity contribution in [3.8, 4) is 5.75 Å². The van der Waals surface area contributed by atoms with E-state index in [0.29, 0.717) is 6.42 Å². The van der Waals surface area contributed by atoms with Crippen LogP contribution in [0.2, 0.25) is 0 Å². The Hall–Kier alpha value is -1.51. The third-order valence-corrected chi connectivity index (χ3v) is 3.24. The second-order valence-corrected chi connectivity index (χ2v) is 5.07. The summed E-state index contributed by atoms with van der Waals surface area (Å²) >= 11 is 0. The number of aryl methyl sites for hydroxylation is 1. The maximum atomic E-state index is 11.8. The van der Waals surface area contributed by atoms with E-state index < -0.39 is 0 Å². The molecule has 0 aromatic heterocycles. The van der Waals surface area contributed by atoms with Crippen molar-refractivity contribution >= 4 is 11.6 Å². The van der Waals surface area contributed by atoms with E-state index in [4.69, 9.17) is 0 Å². The number of hydrogen-bond donors (Lipinski definition) is 2. The maximum absolute atomic E-state index is 11.8. The zero-order chi connectivity index (χ0) is 14.1. The third kappa shape index (κ3) is 6.27. The van der Waals surface area contributed by atoms with Gasteiger partial charge in [-0.1, -0.05) is 39.0 Å². The number of anilines is 1. The van der Waals surface area contributed by atoms with E-state index in [0.717, 1.165) is 24.1 Å². The van der Waals surface area contributed by atoms with Gasteiger partial charge in [0.05, 0.1) is 0 Å². The lowest BCUT2D eigenvalue weighted by molar-refractivity contribution is -0.116. The van der Waals surface area contributed by atoms with Gasteiger partial charge in [0.25, 0.3) is 0 Å². The van der Waals surface area contributed by atoms with Crippen molar-refractivity contribution in [2.24, 2.45) is 0 Å². The van der Waals surface area contributed by atoms with E-state index in [9.17, 15) is 9.90 Å². The van der Waals surface area contributed by atoms with Crippen LogP contribution in [0.4, 0.5) is 5.69 Å². The smallest absolute Gasteiger partial charge is 0.224 e. The molecule has 1 amide bonds. The number of phenolic OH excluding ortho intramolecular Hbond substituents is 1. The molecule has 0 radical (unpaired) electrons. The molecule has 0 bridgehead atoms. The van der Waals surface area contributed by atoms with Gasteiger partial charge in [-0.25, -0.2) is 0 Å². The van der Waals surface area contributed by atoms with Crippen LogP contribution in [0.1, 0.15) is 57.4 Å². The third-order valence-electron chi connectivity index (χ3n) is 3.24. The van der Waals surface area contributed by atoms with E-state index in [1.165, 1.54) is 25.7 Å². The van der Waals surface area contributed by atoms with Gasteiger partial charge in [-0.15, -0.1) is 0 Å². The molecule has 2 N–H and O–H groups in total. The number of aromatic hydroxyl groups is 1. The Morgan fingerprint density at radius 2 is 1.84 bits per heavy atom. The van der Waals surface area contributed by atoms with Gasteiger partial charge in [0.1, 0.15) is 5.75 Å². The summed E-state index contributed by atoms with van der Waals surface area (Å²) < 4.78 is 0. The molecule has 0 unspecified atom stereocenters. The molecule has 0 spiro atoms.